The van der Waals surface area contributed by atoms with Crippen LogP contribution < -0.4 is 15.4 Å². The fourth-order valence-electron chi connectivity index (χ4n) is 3.20. The van der Waals surface area contributed by atoms with E-state index in [0.717, 1.165) is 16.7 Å². The maximum atomic E-state index is 12.3. The van der Waals surface area contributed by atoms with Crippen molar-refractivity contribution in [2.75, 3.05) is 5.32 Å². The van der Waals surface area contributed by atoms with Gasteiger partial charge in [-0.25, -0.2) is 9.67 Å². The highest BCUT2D eigenvalue weighted by atomic mass is 16.5. The number of rotatable bonds is 10. The summed E-state index contributed by atoms with van der Waals surface area (Å²) in [6.45, 7) is 0.898. The third-order valence-corrected chi connectivity index (χ3v) is 4.94. The zero-order chi connectivity index (χ0) is 24.3. The summed E-state index contributed by atoms with van der Waals surface area (Å²) < 4.78 is 7.19. The number of amides is 2. The van der Waals surface area contributed by atoms with Gasteiger partial charge in [-0.15, -0.1) is 5.10 Å². The van der Waals surface area contributed by atoms with Gasteiger partial charge in [0, 0.05) is 12.6 Å². The highest BCUT2D eigenvalue weighted by molar-refractivity contribution is 6.00. The van der Waals surface area contributed by atoms with Crippen molar-refractivity contribution in [1.82, 2.24) is 20.1 Å². The lowest BCUT2D eigenvalue weighted by molar-refractivity contribution is -0.122. The Morgan fingerprint density at radius 2 is 1.66 bits per heavy atom. The van der Waals surface area contributed by atoms with E-state index in [-0.39, 0.29) is 24.3 Å². The standard InChI is InChI=1S/C27H25N5O3/c33-25(15-14-21-12-7-13-24(16-21)35-19-23-10-5-2-6-11-23)30-27-29-20-32(31-27)18-26(34)28-17-22-8-3-1-4-9-22/h1-16,20H,17-19H2,(H,28,34)(H,30,31,33). The molecule has 0 aliphatic rings. The number of carbonyl (C=O) groups is 2. The Morgan fingerprint density at radius 3 is 2.43 bits per heavy atom. The molecule has 1 aromatic heterocycles. The molecule has 35 heavy (non-hydrogen) atoms. The van der Waals surface area contributed by atoms with Crippen LogP contribution in [0.5, 0.6) is 5.75 Å². The molecule has 0 saturated heterocycles. The molecule has 0 aliphatic heterocycles. The second kappa shape index (κ2) is 11.9. The van der Waals surface area contributed by atoms with Crippen molar-refractivity contribution in [1.29, 1.82) is 0 Å². The number of anilines is 1. The molecule has 4 aromatic rings. The molecule has 176 valence electrons. The van der Waals surface area contributed by atoms with Crippen LogP contribution in [-0.2, 0) is 29.3 Å². The first-order valence-electron chi connectivity index (χ1n) is 11.1. The number of nitrogens with zero attached hydrogens (tertiary/aromatic N) is 3. The van der Waals surface area contributed by atoms with E-state index in [0.29, 0.717) is 18.9 Å². The third-order valence-electron chi connectivity index (χ3n) is 4.94. The normalized spacial score (nSPS) is 10.7. The van der Waals surface area contributed by atoms with E-state index in [1.165, 1.54) is 17.1 Å². The van der Waals surface area contributed by atoms with Crippen molar-refractivity contribution >= 4 is 23.8 Å². The van der Waals surface area contributed by atoms with Crippen molar-refractivity contribution in [2.24, 2.45) is 0 Å². The molecule has 0 saturated carbocycles. The van der Waals surface area contributed by atoms with E-state index in [1.807, 2.05) is 84.9 Å². The molecule has 0 spiro atoms. The van der Waals surface area contributed by atoms with Gasteiger partial charge in [-0.2, -0.15) is 0 Å². The predicted octanol–water partition coefficient (Wildman–Crippen LogP) is 3.83. The molecule has 8 nitrogen and oxygen atoms in total. The van der Waals surface area contributed by atoms with Crippen LogP contribution in [0.4, 0.5) is 5.95 Å². The minimum atomic E-state index is -0.383. The first kappa shape index (κ1) is 23.4. The smallest absolute Gasteiger partial charge is 0.250 e. The lowest BCUT2D eigenvalue weighted by Crippen LogP contribution is -2.27. The van der Waals surface area contributed by atoms with E-state index >= 15 is 0 Å². The maximum Gasteiger partial charge on any atom is 0.250 e. The van der Waals surface area contributed by atoms with Gasteiger partial charge in [0.2, 0.25) is 11.9 Å². The van der Waals surface area contributed by atoms with Gasteiger partial charge in [0.05, 0.1) is 0 Å². The van der Waals surface area contributed by atoms with Gasteiger partial charge in [0.1, 0.15) is 25.2 Å². The minimum Gasteiger partial charge on any atom is -0.489 e. The summed E-state index contributed by atoms with van der Waals surface area (Å²) in [6.07, 6.45) is 4.47. The van der Waals surface area contributed by atoms with E-state index in [4.69, 9.17) is 4.74 Å². The number of carbonyl (C=O) groups excluding carboxylic acids is 2. The highest BCUT2D eigenvalue weighted by Gasteiger charge is 2.08. The largest absolute Gasteiger partial charge is 0.489 e. The summed E-state index contributed by atoms with van der Waals surface area (Å²) >= 11 is 0. The lowest BCUT2D eigenvalue weighted by atomic mass is 10.2. The monoisotopic (exact) mass is 467 g/mol. The van der Waals surface area contributed by atoms with Crippen LogP contribution in [0.3, 0.4) is 0 Å². The number of hydrogen-bond donors (Lipinski definition) is 2. The van der Waals surface area contributed by atoms with E-state index < -0.39 is 0 Å². The maximum absolute atomic E-state index is 12.3. The summed E-state index contributed by atoms with van der Waals surface area (Å²) in [6, 6.07) is 27.0. The van der Waals surface area contributed by atoms with Crippen molar-refractivity contribution < 1.29 is 14.3 Å². The fourth-order valence-corrected chi connectivity index (χ4v) is 3.20. The Hall–Kier alpha value is -4.72. The molecular weight excluding hydrogens is 442 g/mol. The summed E-state index contributed by atoms with van der Waals surface area (Å²) in [5.74, 6) is 0.246. The van der Waals surface area contributed by atoms with Crippen molar-refractivity contribution in [3.63, 3.8) is 0 Å². The minimum absolute atomic E-state index is 0.00131. The van der Waals surface area contributed by atoms with Gasteiger partial charge in [-0.1, -0.05) is 72.8 Å². The van der Waals surface area contributed by atoms with Gasteiger partial charge in [0.15, 0.2) is 0 Å². The van der Waals surface area contributed by atoms with Crippen LogP contribution in [0.15, 0.2) is 97.3 Å². The number of benzene rings is 3. The Bertz CT molecular complexity index is 1290. The van der Waals surface area contributed by atoms with Crippen molar-refractivity contribution in [3.05, 3.63) is 114 Å². The predicted molar refractivity (Wildman–Crippen MR) is 133 cm³/mol. The molecule has 0 radical (unpaired) electrons. The van der Waals surface area contributed by atoms with Crippen LogP contribution in [0.1, 0.15) is 16.7 Å². The zero-order valence-corrected chi connectivity index (χ0v) is 19.0. The Kier molecular flexibility index (Phi) is 8.00. The zero-order valence-electron chi connectivity index (χ0n) is 19.0. The molecule has 8 heteroatoms. The molecule has 4 rings (SSSR count). The quantitative estimate of drug-likeness (QED) is 0.346. The summed E-state index contributed by atoms with van der Waals surface area (Å²) in [5, 5.41) is 9.54. The topological polar surface area (TPSA) is 98.1 Å². The third kappa shape index (κ3) is 7.68. The average molecular weight is 468 g/mol. The molecule has 0 atom stereocenters. The number of ether oxygens (including phenoxy) is 1. The Balaban J connectivity index is 1.24. The van der Waals surface area contributed by atoms with Crippen LogP contribution in [0, 0.1) is 0 Å². The first-order valence-corrected chi connectivity index (χ1v) is 11.1. The average Bonchev–Trinajstić information content (AvgIpc) is 3.33. The van der Waals surface area contributed by atoms with E-state index in [2.05, 4.69) is 20.7 Å². The van der Waals surface area contributed by atoms with Gasteiger partial charge < -0.3 is 10.1 Å². The lowest BCUT2D eigenvalue weighted by Gasteiger charge is -2.06. The fraction of sp³-hybridized carbons (Fsp3) is 0.111. The molecule has 2 N–H and O–H groups in total. The Labute approximate surface area is 203 Å². The molecule has 0 fully saturated rings. The molecule has 0 unspecified atom stereocenters. The second-order valence-electron chi connectivity index (χ2n) is 7.70. The molecule has 2 amide bonds. The van der Waals surface area contributed by atoms with Gasteiger partial charge in [-0.05, 0) is 34.9 Å². The molecule has 0 aliphatic carbocycles. The Morgan fingerprint density at radius 1 is 0.914 bits per heavy atom. The van der Waals surface area contributed by atoms with Crippen LogP contribution in [0.25, 0.3) is 6.08 Å². The highest BCUT2D eigenvalue weighted by Crippen LogP contribution is 2.16. The summed E-state index contributed by atoms with van der Waals surface area (Å²) in [4.78, 5) is 28.4. The van der Waals surface area contributed by atoms with Gasteiger partial charge >= 0.3 is 0 Å². The first-order chi connectivity index (χ1) is 17.1. The SMILES string of the molecule is O=C(C=Cc1cccc(OCc2ccccc2)c1)Nc1ncn(CC(=O)NCc2ccccc2)n1. The van der Waals surface area contributed by atoms with Crippen LogP contribution >= 0.6 is 0 Å². The van der Waals surface area contributed by atoms with Crippen molar-refractivity contribution in [2.45, 2.75) is 19.7 Å². The summed E-state index contributed by atoms with van der Waals surface area (Å²) in [7, 11) is 0. The number of nitrogens with one attached hydrogen (secondary N) is 2. The number of aromatic nitrogens is 3. The van der Waals surface area contributed by atoms with E-state index in [1.54, 1.807) is 6.08 Å². The van der Waals surface area contributed by atoms with Crippen molar-refractivity contribution in [3.8, 4) is 5.75 Å². The second-order valence-corrected chi connectivity index (χ2v) is 7.70. The van der Waals surface area contributed by atoms with E-state index in [9.17, 15) is 9.59 Å². The molecule has 1 heterocycles. The van der Waals surface area contributed by atoms with Crippen LogP contribution in [0.2, 0.25) is 0 Å². The number of hydrogen-bond acceptors (Lipinski definition) is 5. The molecular formula is C27H25N5O3. The molecule has 0 bridgehead atoms. The summed E-state index contributed by atoms with van der Waals surface area (Å²) in [5.41, 5.74) is 2.90. The van der Waals surface area contributed by atoms with Crippen LogP contribution in [-0.4, -0.2) is 26.6 Å². The van der Waals surface area contributed by atoms with Gasteiger partial charge in [-0.3, -0.25) is 14.9 Å². The molecule has 3 aromatic carbocycles. The van der Waals surface area contributed by atoms with Gasteiger partial charge in [0.25, 0.3) is 5.91 Å².